The van der Waals surface area contributed by atoms with Crippen molar-refractivity contribution in [3.63, 3.8) is 0 Å². The van der Waals surface area contributed by atoms with Gasteiger partial charge in [-0.25, -0.2) is 4.79 Å². The molecule has 10 heteroatoms. The topological polar surface area (TPSA) is 81.2 Å². The highest BCUT2D eigenvalue weighted by Crippen LogP contribution is 2.38. The number of hydrogen-bond acceptors (Lipinski definition) is 3. The van der Waals surface area contributed by atoms with Crippen molar-refractivity contribution in [1.82, 2.24) is 14.7 Å². The Balaban J connectivity index is 1.64. The molecule has 3 amide bonds. The van der Waals surface area contributed by atoms with Gasteiger partial charge in [0.1, 0.15) is 0 Å². The molecule has 3 aliphatic rings. The first kappa shape index (κ1) is 19.8. The summed E-state index contributed by atoms with van der Waals surface area (Å²) in [6.07, 6.45) is -1.67. The molecule has 27 heavy (non-hydrogen) atoms. The largest absolute Gasteiger partial charge is 0.481 e. The summed E-state index contributed by atoms with van der Waals surface area (Å²) in [6.45, 7) is 1.02. The molecule has 3 rings (SSSR count). The molecule has 1 unspecified atom stereocenters. The minimum atomic E-state index is -4.66. The lowest BCUT2D eigenvalue weighted by Gasteiger charge is -2.36. The molecule has 3 aliphatic heterocycles. The number of halogens is 3. The molecule has 0 saturated carbocycles. The quantitative estimate of drug-likeness (QED) is 0.776. The van der Waals surface area contributed by atoms with Crippen LogP contribution in [-0.4, -0.2) is 83.2 Å². The van der Waals surface area contributed by atoms with Crippen molar-refractivity contribution in [2.24, 2.45) is 17.8 Å². The molecular formula is C17H24F3N3O4. The van der Waals surface area contributed by atoms with E-state index in [9.17, 15) is 27.6 Å². The minimum Gasteiger partial charge on any atom is -0.481 e. The fraction of sp³-hybridized carbons (Fsp3) is 0.824. The third kappa shape index (κ3) is 4.14. The number of nitrogens with zero attached hydrogens (tertiary/aromatic N) is 3. The van der Waals surface area contributed by atoms with Crippen LogP contribution in [0.25, 0.3) is 0 Å². The molecular weight excluding hydrogens is 367 g/mol. The van der Waals surface area contributed by atoms with Crippen LogP contribution in [0.2, 0.25) is 0 Å². The summed E-state index contributed by atoms with van der Waals surface area (Å²) in [6, 6.07) is -0.122. The zero-order valence-electron chi connectivity index (χ0n) is 15.0. The summed E-state index contributed by atoms with van der Waals surface area (Å²) in [4.78, 5) is 40.8. The fourth-order valence-electron chi connectivity index (χ4n) is 4.28. The average Bonchev–Trinajstić information content (AvgIpc) is 3.29. The fourth-order valence-corrected chi connectivity index (χ4v) is 4.28. The normalized spacial score (nSPS) is 29.3. The van der Waals surface area contributed by atoms with Crippen molar-refractivity contribution < 1.29 is 32.7 Å². The van der Waals surface area contributed by atoms with E-state index in [0.29, 0.717) is 32.5 Å². The van der Waals surface area contributed by atoms with Crippen LogP contribution in [0.3, 0.4) is 0 Å². The Hall–Kier alpha value is -2.00. The third-order valence-corrected chi connectivity index (χ3v) is 5.79. The second-order valence-electron chi connectivity index (χ2n) is 7.60. The lowest BCUT2D eigenvalue weighted by atomic mass is 9.96. The van der Waals surface area contributed by atoms with Gasteiger partial charge in [-0.1, -0.05) is 0 Å². The van der Waals surface area contributed by atoms with Crippen LogP contribution < -0.4 is 0 Å². The summed E-state index contributed by atoms with van der Waals surface area (Å²) in [5.74, 6) is -6.29. The van der Waals surface area contributed by atoms with Gasteiger partial charge in [0.2, 0.25) is 5.91 Å². The number of carbonyl (C=O) groups is 3. The number of rotatable bonds is 2. The zero-order chi connectivity index (χ0) is 19.8. The van der Waals surface area contributed by atoms with Gasteiger partial charge >= 0.3 is 18.2 Å². The smallest absolute Gasteiger partial charge is 0.394 e. The van der Waals surface area contributed by atoms with Crippen LogP contribution in [0.4, 0.5) is 18.0 Å². The van der Waals surface area contributed by atoms with Crippen LogP contribution in [0, 0.1) is 17.8 Å². The molecule has 0 spiro atoms. The highest BCUT2D eigenvalue weighted by Gasteiger charge is 2.54. The van der Waals surface area contributed by atoms with Gasteiger partial charge in [-0.2, -0.15) is 13.2 Å². The van der Waals surface area contributed by atoms with E-state index >= 15 is 0 Å². The first-order valence-electron chi connectivity index (χ1n) is 9.30. The molecule has 0 aliphatic carbocycles. The Morgan fingerprint density at radius 2 is 1.48 bits per heavy atom. The van der Waals surface area contributed by atoms with Gasteiger partial charge in [-0.15, -0.1) is 0 Å². The van der Waals surface area contributed by atoms with E-state index in [0.717, 1.165) is 17.7 Å². The van der Waals surface area contributed by atoms with E-state index in [4.69, 9.17) is 5.11 Å². The first-order chi connectivity index (χ1) is 12.7. The molecule has 0 aromatic rings. The summed E-state index contributed by atoms with van der Waals surface area (Å²) in [5, 5.41) is 9.10. The number of piperidine rings is 1. The Bertz CT molecular complexity index is 607. The molecule has 1 N–H and O–H groups in total. The van der Waals surface area contributed by atoms with Crippen molar-refractivity contribution in [3.05, 3.63) is 0 Å². The number of aliphatic carboxylic acids is 1. The van der Waals surface area contributed by atoms with Crippen LogP contribution in [0.1, 0.15) is 25.7 Å². The number of carboxylic acids is 1. The minimum absolute atomic E-state index is 0.122. The summed E-state index contributed by atoms with van der Waals surface area (Å²) >= 11 is 0. The highest BCUT2D eigenvalue weighted by molar-refractivity contribution is 5.82. The maximum atomic E-state index is 13.1. The highest BCUT2D eigenvalue weighted by atomic mass is 19.4. The Kier molecular flexibility index (Phi) is 5.53. The molecule has 0 bridgehead atoms. The Labute approximate surface area is 155 Å². The lowest BCUT2D eigenvalue weighted by molar-refractivity contribution is -0.188. The molecule has 0 aromatic heterocycles. The number of amides is 3. The summed E-state index contributed by atoms with van der Waals surface area (Å²) in [5.41, 5.74) is 0. The predicted molar refractivity (Wildman–Crippen MR) is 87.8 cm³/mol. The van der Waals surface area contributed by atoms with Crippen molar-refractivity contribution in [2.45, 2.75) is 31.9 Å². The van der Waals surface area contributed by atoms with Crippen LogP contribution in [0.15, 0.2) is 0 Å². The van der Waals surface area contributed by atoms with Crippen molar-refractivity contribution in [3.8, 4) is 0 Å². The van der Waals surface area contributed by atoms with Crippen LogP contribution in [-0.2, 0) is 9.59 Å². The number of urea groups is 1. The number of hydrogen-bond donors (Lipinski definition) is 1. The SMILES string of the molecule is O=C(O)[C@@H]1CN(C(=O)C2CCCN(C(=O)N3CCCC3)C2)C[C@H]1C(F)(F)F. The van der Waals surface area contributed by atoms with Gasteiger partial charge < -0.3 is 19.8 Å². The first-order valence-corrected chi connectivity index (χ1v) is 9.30. The molecule has 3 saturated heterocycles. The van der Waals surface area contributed by atoms with E-state index < -0.39 is 48.9 Å². The van der Waals surface area contributed by atoms with Gasteiger partial charge in [-0.3, -0.25) is 9.59 Å². The summed E-state index contributed by atoms with van der Waals surface area (Å²) < 4.78 is 39.4. The number of alkyl halides is 3. The van der Waals surface area contributed by atoms with Gasteiger partial charge in [-0.05, 0) is 25.7 Å². The molecule has 152 valence electrons. The van der Waals surface area contributed by atoms with Gasteiger partial charge in [0, 0.05) is 39.3 Å². The standard InChI is InChI=1S/C17H24F3N3O4/c18-17(19,20)13-10-23(9-12(13)15(25)26)14(24)11-4-3-7-22(8-11)16(27)21-5-1-2-6-21/h11-13H,1-10H2,(H,25,26)/t11?,12-,13-/m1/s1. The molecule has 3 fully saturated rings. The van der Waals surface area contributed by atoms with Crippen molar-refractivity contribution in [1.29, 1.82) is 0 Å². The van der Waals surface area contributed by atoms with E-state index in [-0.39, 0.29) is 12.6 Å². The number of carbonyl (C=O) groups excluding carboxylic acids is 2. The molecule has 7 nitrogen and oxygen atoms in total. The predicted octanol–water partition coefficient (Wildman–Crippen LogP) is 1.64. The zero-order valence-corrected chi connectivity index (χ0v) is 15.0. The van der Waals surface area contributed by atoms with Gasteiger partial charge in [0.15, 0.2) is 0 Å². The van der Waals surface area contributed by atoms with Crippen molar-refractivity contribution in [2.75, 3.05) is 39.3 Å². The van der Waals surface area contributed by atoms with E-state index in [1.807, 2.05) is 0 Å². The van der Waals surface area contributed by atoms with E-state index in [2.05, 4.69) is 0 Å². The van der Waals surface area contributed by atoms with Crippen LogP contribution in [0.5, 0.6) is 0 Å². The second-order valence-corrected chi connectivity index (χ2v) is 7.60. The third-order valence-electron chi connectivity index (χ3n) is 5.79. The van der Waals surface area contributed by atoms with Crippen LogP contribution >= 0.6 is 0 Å². The number of carboxylic acid groups (broad SMARTS) is 1. The van der Waals surface area contributed by atoms with Crippen molar-refractivity contribution >= 4 is 17.9 Å². The second kappa shape index (κ2) is 7.55. The van der Waals surface area contributed by atoms with E-state index in [1.54, 1.807) is 9.80 Å². The maximum absolute atomic E-state index is 13.1. The maximum Gasteiger partial charge on any atom is 0.394 e. The summed E-state index contributed by atoms with van der Waals surface area (Å²) in [7, 11) is 0. The molecule has 3 heterocycles. The molecule has 0 radical (unpaired) electrons. The number of likely N-dealkylation sites (tertiary alicyclic amines) is 3. The average molecular weight is 391 g/mol. The Morgan fingerprint density at radius 3 is 2.04 bits per heavy atom. The van der Waals surface area contributed by atoms with Gasteiger partial charge in [0.05, 0.1) is 17.8 Å². The Morgan fingerprint density at radius 1 is 0.852 bits per heavy atom. The monoisotopic (exact) mass is 391 g/mol. The van der Waals surface area contributed by atoms with E-state index in [1.165, 1.54) is 0 Å². The van der Waals surface area contributed by atoms with Gasteiger partial charge in [0.25, 0.3) is 0 Å². The molecule has 0 aromatic carbocycles. The molecule has 3 atom stereocenters. The lowest BCUT2D eigenvalue weighted by Crippen LogP contribution is -2.50.